The van der Waals surface area contributed by atoms with Gasteiger partial charge in [-0.15, -0.1) is 31.8 Å². The number of aliphatic hydroxyl groups is 7. The molecule has 0 heterocycles. The first-order chi connectivity index (χ1) is 55.9. The fourth-order valence-electron chi connectivity index (χ4n) is 20.7. The Bertz CT molecular complexity index is 2870. The molecule has 0 spiro atoms. The maximum absolute atomic E-state index is 14.1. The summed E-state index contributed by atoms with van der Waals surface area (Å²) in [6.07, 6.45) is -43.7. The topological polar surface area (TPSA) is 142 Å². The molecule has 14 saturated carbocycles. The summed E-state index contributed by atoms with van der Waals surface area (Å²) in [4.78, 5) is 0. The Hall–Kier alpha value is -21.5. The average Bonchev–Trinajstić information content (AvgIpc) is 1.57. The van der Waals surface area contributed by atoms with Crippen LogP contribution in [-0.2, 0) is 0 Å². The van der Waals surface area contributed by atoms with Gasteiger partial charge in [-0.1, -0.05) is 235 Å². The van der Waals surface area contributed by atoms with E-state index >= 15 is 0 Å². The van der Waals surface area contributed by atoms with Crippen molar-refractivity contribution in [2.75, 3.05) is 0 Å². The molecule has 14 bridgehead atoms. The minimum absolute atomic E-state index is 0. The first kappa shape index (κ1) is 166. The van der Waals surface area contributed by atoms with Crippen molar-refractivity contribution < 1.29 is 172 Å². The zero-order chi connectivity index (χ0) is 95.5. The van der Waals surface area contributed by atoms with Crippen LogP contribution < -0.4 is 0 Å². The van der Waals surface area contributed by atoms with Crippen LogP contribution in [-0.4, -0.2) is 114 Å². The summed E-state index contributed by atoms with van der Waals surface area (Å²) < 4.78 is 389. The van der Waals surface area contributed by atoms with Gasteiger partial charge in [0.1, 0.15) is 0 Å². The van der Waals surface area contributed by atoms with Gasteiger partial charge in [-0.2, -0.15) is 56.4 Å². The number of halogens is 31. The Morgan fingerprint density at radius 3 is 0.759 bits per heavy atom. The van der Waals surface area contributed by atoms with E-state index in [0.717, 1.165) is 44.9 Å². The molecular formula is C84H127F31O7Rf19-10. The molecule has 21 atom stereocenters. The number of fused-ring (bicyclic) bond motifs is 14. The summed E-state index contributed by atoms with van der Waals surface area (Å²) in [7, 11) is 0. The largest absolute Gasteiger partial charge is 0.554 e. The van der Waals surface area contributed by atoms with Gasteiger partial charge in [0.05, 0.1) is 5.67 Å². The standard InChI is InChI=1S/C11H13F6O.C10H11F6O.C10H13F4O.2C10H12F4O.C10H13F3O.C9H11F4O.7C2H6.19Rf/c12-10(13,14)8(18)5-9(11(15,16)17)4-6-1-2-7(9)3-6;11-9(12,13)7(17)8(10(14,15)16)4-5-1-2-6(8)3-5;3*11-9(5-8(15)10(12,13)14)4-6-1-2-7(9)3-6;11-10(12,13)9(14)5-8-4-6-1-2-7(8)3-6;10-8(7(14)9(11,12)13)4-5-1-2-6(8)3-5;7*1-2;;;;;;;;;;;;;;;;;;;/h6-7,18H,1-5H2;5-6,17H,1-4H2;6-7,15H,1-5H2;2*4,6-7,15H,1-3,5H2;4,6-8,14H,1-3,5H2;5-6,14H,1-4H2;7*1-2H3;;;;;;;;;;;;;;;;;;;/q3*-1;3*-2;-1;;;;;;;;;;;;;;;;;;;;;;;;;;. The molecule has 0 aliphatic heterocycles. The van der Waals surface area contributed by atoms with Crippen molar-refractivity contribution in [3.63, 3.8) is 0 Å². The molecule has 14 aliphatic carbocycles. The summed E-state index contributed by atoms with van der Waals surface area (Å²) in [6.45, 7) is 28.0. The summed E-state index contributed by atoms with van der Waals surface area (Å²) in [5.41, 5.74) is -13.6. The molecule has 0 aromatic rings. The third-order valence-corrected chi connectivity index (χ3v) is 25.8. The molecule has 21 unspecified atom stereocenters. The molecule has 0 aromatic heterocycles. The van der Waals surface area contributed by atoms with E-state index in [4.69, 9.17) is 35.7 Å². The van der Waals surface area contributed by atoms with E-state index in [-0.39, 0.29) is 97.7 Å². The fraction of sp³-hybridized carbons (Fsp3) is 0.881. The van der Waals surface area contributed by atoms with Crippen molar-refractivity contribution in [3.05, 3.63) is 62.0 Å². The Balaban J connectivity index is -0.0000000694. The molecular weight excluding hydrogens is 6780 g/mol. The molecule has 14 aliphatic rings. The Morgan fingerprint density at radius 1 is 0.255 bits per heavy atom. The summed E-state index contributed by atoms with van der Waals surface area (Å²) >= 11 is 0. The van der Waals surface area contributed by atoms with Crippen molar-refractivity contribution in [2.45, 2.75) is 368 Å². The maximum Gasteiger partial charge on any atom is 0.392 e. The van der Waals surface area contributed by atoms with E-state index < -0.39 is 182 Å². The Labute approximate surface area is 699 Å². The van der Waals surface area contributed by atoms with Crippen LogP contribution in [0.5, 0.6) is 0 Å². The van der Waals surface area contributed by atoms with Gasteiger partial charge in [0.25, 0.3) is 43.2 Å². The molecule has 14 rings (SSSR count). The summed E-state index contributed by atoms with van der Waals surface area (Å²) in [6, 6.07) is 0. The van der Waals surface area contributed by atoms with Crippen LogP contribution in [0.2, 0.25) is 0 Å². The molecule has 141 heavy (non-hydrogen) atoms. The smallest absolute Gasteiger partial charge is 0.392 e. The molecule has 14 fully saturated rings. The van der Waals surface area contributed by atoms with Crippen molar-refractivity contribution in [3.8, 4) is 0 Å². The molecule has 7 N–H and O–H groups in total. The van der Waals surface area contributed by atoms with Crippen LogP contribution in [0.25, 0.3) is 0 Å². The maximum atomic E-state index is 14.1. The van der Waals surface area contributed by atoms with Crippen molar-refractivity contribution in [1.29, 1.82) is 0 Å². The quantitative estimate of drug-likeness (QED) is 0.0762. The van der Waals surface area contributed by atoms with E-state index in [1.165, 1.54) is 12.8 Å². The van der Waals surface area contributed by atoms with E-state index in [0.29, 0.717) is 88.9 Å². The summed E-state index contributed by atoms with van der Waals surface area (Å²) in [5.74, 6) is -2.74. The normalized spacial score (nSPS) is 30.4. The molecule has 57 heteroatoms. The van der Waals surface area contributed by atoms with Crippen molar-refractivity contribution in [1.82, 2.24) is 0 Å². The van der Waals surface area contributed by atoms with Crippen LogP contribution >= 0.6 is 0 Å². The third kappa shape index (κ3) is 36.0. The second kappa shape index (κ2) is 58.4. The third-order valence-electron chi connectivity index (χ3n) is 25.8. The number of hydrogen-bond donors (Lipinski definition) is 7. The van der Waals surface area contributed by atoms with Crippen LogP contribution in [0.3, 0.4) is 0 Å². The Kier molecular flexibility index (Phi) is 68.8. The second-order valence-corrected chi connectivity index (χ2v) is 32.6. The van der Waals surface area contributed by atoms with E-state index in [9.17, 15) is 136 Å². The zero-order valence-corrected chi connectivity index (χ0v) is 206. The van der Waals surface area contributed by atoms with Gasteiger partial charge in [-0.3, -0.25) is 26.0 Å². The van der Waals surface area contributed by atoms with Gasteiger partial charge >= 0.3 is 12.4 Å². The van der Waals surface area contributed by atoms with E-state index in [1.807, 2.05) is 103 Å². The number of hydrogen-bond acceptors (Lipinski definition) is 7. The van der Waals surface area contributed by atoms with Gasteiger partial charge < -0.3 is 42.2 Å². The first-order valence-corrected chi connectivity index (χ1v) is 42.7. The molecule has 0 amide bonds. The zero-order valence-electron chi connectivity index (χ0n) is 84.9. The van der Waals surface area contributed by atoms with Crippen LogP contribution in [0.4, 0.5) is 136 Å². The molecule has 7 nitrogen and oxygen atoms in total. The van der Waals surface area contributed by atoms with Crippen molar-refractivity contribution in [2.24, 2.45) is 99.6 Å². The minimum Gasteiger partial charge on any atom is -0.554 e. The molecule has 0 aromatic carbocycles. The van der Waals surface area contributed by atoms with Crippen LogP contribution in [0.1, 0.15) is 290 Å². The van der Waals surface area contributed by atoms with Crippen LogP contribution in [0, 0.1) is 162 Å². The van der Waals surface area contributed by atoms with Crippen LogP contribution in [0.15, 0.2) is 0 Å². The monoisotopic (exact) mass is 6910 g/mol. The van der Waals surface area contributed by atoms with Gasteiger partial charge in [-0.05, 0) is 141 Å². The molecule has 0 radical (unpaired) electrons. The molecule has 0 saturated heterocycles. The first-order valence-electron chi connectivity index (χ1n) is 42.7. The Morgan fingerprint density at radius 2 is 0.539 bits per heavy atom. The second-order valence-electron chi connectivity index (χ2n) is 32.6. The average molecular weight is 6910 g/mol. The summed E-state index contributed by atoms with van der Waals surface area (Å²) in [5, 5.41) is 62.0. The minimum atomic E-state index is -5.31. The SMILES string of the molecule is CC.CC.CC.CC.CC.CC.CC.O[C-](C(F)(F)F)C1(C(F)(F)F)CC2CCC1C2.O[C-](C(F)(F)F)C1(F)CC2CCC1C2.O[C-](CC1(C(F)(F)F)CC2CCC1C2)C(F)(F)F.O[C-](CC1(F)CC2CCC1C2)C(F)(F)F.O[C-](CC1(F)[CH-]C2CCC1C2)C(F)(F)F.O[C-](CC1(F)[CH-]C2CCC1C2)C(F)(F)F.O[C-](CC1[CH-]C2CCC1C2)C(F)(F)F.[Rf].[Rf].[Rf].[Rf].[Rf].[Rf].[Rf].[Rf].[Rf].[Rf].[Rf].[Rf].[Rf].[Rf].[Rf].[Rf].[Rf].[Rf].[Rf]. The fourth-order valence-corrected chi connectivity index (χ4v) is 20.7. The van der Waals surface area contributed by atoms with Gasteiger partial charge in [0.2, 0.25) is 0 Å². The predicted molar refractivity (Wildman–Crippen MR) is 394 cm³/mol. The van der Waals surface area contributed by atoms with E-state index in [2.05, 4.69) is 0 Å². The number of alkyl halides is 31. The van der Waals surface area contributed by atoms with Crippen molar-refractivity contribution >= 4 is 0 Å². The van der Waals surface area contributed by atoms with Gasteiger partial charge in [0.15, 0.2) is 0 Å². The molecule has 770 valence electrons. The van der Waals surface area contributed by atoms with Gasteiger partial charge in [0, 0.05) is 11.1 Å². The van der Waals surface area contributed by atoms with Gasteiger partial charge in [-0.25, -0.2) is 96.6 Å². The predicted octanol–water partition coefficient (Wildman–Crippen LogP) is 31.0. The van der Waals surface area contributed by atoms with E-state index in [1.54, 1.807) is 0 Å². The number of rotatable bonds is 12. The number of aliphatic hydroxyl groups excluding tert-OH is 7.